The van der Waals surface area contributed by atoms with E-state index in [0.29, 0.717) is 23.5 Å². The lowest BCUT2D eigenvalue weighted by molar-refractivity contribution is -0.165. The van der Waals surface area contributed by atoms with Gasteiger partial charge in [-0.15, -0.1) is 0 Å². The second-order valence-electron chi connectivity index (χ2n) is 7.84. The molecular formula is C17H30N2O2. The first-order chi connectivity index (χ1) is 9.92. The molecule has 1 aliphatic heterocycles. The lowest BCUT2D eigenvalue weighted by Crippen LogP contribution is -2.62. The van der Waals surface area contributed by atoms with Gasteiger partial charge in [0, 0.05) is 31.0 Å². The molecule has 4 heteroatoms. The first-order valence-corrected chi connectivity index (χ1v) is 8.51. The van der Waals surface area contributed by atoms with Crippen molar-refractivity contribution in [3.05, 3.63) is 0 Å². The van der Waals surface area contributed by atoms with E-state index in [1.54, 1.807) is 0 Å². The Balaban J connectivity index is 1.59. The van der Waals surface area contributed by atoms with Crippen molar-refractivity contribution in [1.82, 2.24) is 10.2 Å². The molecule has 0 aromatic carbocycles. The van der Waals surface area contributed by atoms with Crippen LogP contribution >= 0.6 is 0 Å². The van der Waals surface area contributed by atoms with Gasteiger partial charge in [0.05, 0.1) is 6.10 Å². The summed E-state index contributed by atoms with van der Waals surface area (Å²) in [5.41, 5.74) is 0.417. The molecule has 3 atom stereocenters. The van der Waals surface area contributed by atoms with E-state index in [1.807, 2.05) is 18.9 Å². The van der Waals surface area contributed by atoms with Crippen molar-refractivity contribution in [2.75, 3.05) is 26.7 Å². The fourth-order valence-corrected chi connectivity index (χ4v) is 4.58. The van der Waals surface area contributed by atoms with Gasteiger partial charge in [-0.2, -0.15) is 0 Å². The van der Waals surface area contributed by atoms with Gasteiger partial charge in [0.25, 0.3) is 0 Å². The molecule has 120 valence electrons. The molecular weight excluding hydrogens is 264 g/mol. The van der Waals surface area contributed by atoms with Crippen LogP contribution in [0.25, 0.3) is 0 Å². The quantitative estimate of drug-likeness (QED) is 0.863. The Morgan fingerprint density at radius 1 is 1.33 bits per heavy atom. The third kappa shape index (κ3) is 2.40. The van der Waals surface area contributed by atoms with E-state index in [-0.39, 0.29) is 11.3 Å². The minimum atomic E-state index is 0.0800. The Bertz CT molecular complexity index is 415. The van der Waals surface area contributed by atoms with Crippen LogP contribution in [-0.2, 0) is 9.53 Å². The topological polar surface area (TPSA) is 41.6 Å². The maximum Gasteiger partial charge on any atom is 0.226 e. The zero-order valence-corrected chi connectivity index (χ0v) is 13.9. The third-order valence-electron chi connectivity index (χ3n) is 6.40. The van der Waals surface area contributed by atoms with Gasteiger partial charge in [0.1, 0.15) is 0 Å². The van der Waals surface area contributed by atoms with Gasteiger partial charge in [-0.05, 0) is 51.1 Å². The SMILES string of the molecule is CCO[C@@H]1C[C@@H](N(C)C(=O)[C@@H]2CC23CCNCC3)C1(C)C. The molecule has 3 fully saturated rings. The number of carbonyl (C=O) groups excluding carboxylic acids is 1. The van der Waals surface area contributed by atoms with E-state index in [1.165, 1.54) is 12.8 Å². The highest BCUT2D eigenvalue weighted by Gasteiger charge is 2.60. The number of nitrogens with one attached hydrogen (secondary N) is 1. The van der Waals surface area contributed by atoms with Crippen LogP contribution in [0.1, 0.15) is 46.5 Å². The van der Waals surface area contributed by atoms with Gasteiger partial charge in [0.15, 0.2) is 0 Å². The van der Waals surface area contributed by atoms with Crippen molar-refractivity contribution in [2.45, 2.75) is 58.6 Å². The largest absolute Gasteiger partial charge is 0.378 e. The van der Waals surface area contributed by atoms with Crippen LogP contribution in [-0.4, -0.2) is 49.7 Å². The minimum Gasteiger partial charge on any atom is -0.378 e. The molecule has 2 aliphatic carbocycles. The normalized spacial score (nSPS) is 36.1. The van der Waals surface area contributed by atoms with Crippen LogP contribution in [0, 0.1) is 16.7 Å². The lowest BCUT2D eigenvalue weighted by atomic mass is 9.63. The smallest absolute Gasteiger partial charge is 0.226 e. The fourth-order valence-electron chi connectivity index (χ4n) is 4.58. The average molecular weight is 294 g/mol. The van der Waals surface area contributed by atoms with Crippen molar-refractivity contribution >= 4 is 5.91 Å². The lowest BCUT2D eigenvalue weighted by Gasteiger charge is -2.55. The van der Waals surface area contributed by atoms with Crippen molar-refractivity contribution < 1.29 is 9.53 Å². The van der Waals surface area contributed by atoms with E-state index in [9.17, 15) is 4.79 Å². The number of carbonyl (C=O) groups is 1. The summed E-state index contributed by atoms with van der Waals surface area (Å²) in [6.45, 7) is 9.43. The van der Waals surface area contributed by atoms with E-state index in [2.05, 4.69) is 19.2 Å². The molecule has 2 saturated carbocycles. The van der Waals surface area contributed by atoms with Gasteiger partial charge < -0.3 is 15.0 Å². The first-order valence-electron chi connectivity index (χ1n) is 8.51. The molecule has 3 rings (SSSR count). The Hall–Kier alpha value is -0.610. The van der Waals surface area contributed by atoms with Crippen LogP contribution in [0.4, 0.5) is 0 Å². The summed E-state index contributed by atoms with van der Waals surface area (Å²) in [6.07, 6.45) is 4.75. The van der Waals surface area contributed by atoms with E-state index < -0.39 is 0 Å². The van der Waals surface area contributed by atoms with Crippen molar-refractivity contribution in [3.63, 3.8) is 0 Å². The second kappa shape index (κ2) is 5.24. The van der Waals surface area contributed by atoms with E-state index in [0.717, 1.165) is 32.5 Å². The summed E-state index contributed by atoms with van der Waals surface area (Å²) in [7, 11) is 2.00. The molecule has 0 radical (unpaired) electrons. The number of piperidine rings is 1. The van der Waals surface area contributed by atoms with Crippen LogP contribution in [0.3, 0.4) is 0 Å². The highest BCUT2D eigenvalue weighted by molar-refractivity contribution is 5.83. The Kier molecular flexibility index (Phi) is 3.81. The van der Waals surface area contributed by atoms with Crippen LogP contribution in [0.5, 0.6) is 0 Å². The van der Waals surface area contributed by atoms with Gasteiger partial charge in [-0.25, -0.2) is 0 Å². The number of nitrogens with zero attached hydrogens (tertiary/aromatic N) is 1. The molecule has 1 spiro atoms. The molecule has 4 nitrogen and oxygen atoms in total. The summed E-state index contributed by atoms with van der Waals surface area (Å²) >= 11 is 0. The van der Waals surface area contributed by atoms with Crippen molar-refractivity contribution in [1.29, 1.82) is 0 Å². The van der Waals surface area contributed by atoms with Gasteiger partial charge in [-0.3, -0.25) is 4.79 Å². The van der Waals surface area contributed by atoms with Crippen molar-refractivity contribution in [3.8, 4) is 0 Å². The summed E-state index contributed by atoms with van der Waals surface area (Å²) in [5.74, 6) is 0.663. The van der Waals surface area contributed by atoms with Gasteiger partial charge in [-0.1, -0.05) is 13.8 Å². The summed E-state index contributed by atoms with van der Waals surface area (Å²) in [6, 6.07) is 0.334. The number of amides is 1. The van der Waals surface area contributed by atoms with Crippen molar-refractivity contribution in [2.24, 2.45) is 16.7 Å². The van der Waals surface area contributed by atoms with Gasteiger partial charge in [0.2, 0.25) is 5.91 Å². The number of hydrogen-bond donors (Lipinski definition) is 1. The zero-order chi connectivity index (χ0) is 15.3. The average Bonchev–Trinajstić information content (AvgIpc) is 3.15. The van der Waals surface area contributed by atoms with Crippen LogP contribution in [0.15, 0.2) is 0 Å². The second-order valence-corrected chi connectivity index (χ2v) is 7.84. The molecule has 0 unspecified atom stereocenters. The Morgan fingerprint density at radius 2 is 2.00 bits per heavy atom. The Morgan fingerprint density at radius 3 is 2.57 bits per heavy atom. The van der Waals surface area contributed by atoms with Crippen LogP contribution < -0.4 is 5.32 Å². The van der Waals surface area contributed by atoms with E-state index in [4.69, 9.17) is 4.74 Å². The zero-order valence-electron chi connectivity index (χ0n) is 13.9. The third-order valence-corrected chi connectivity index (χ3v) is 6.40. The molecule has 1 saturated heterocycles. The molecule has 21 heavy (non-hydrogen) atoms. The predicted molar refractivity (Wildman–Crippen MR) is 83.0 cm³/mol. The summed E-state index contributed by atoms with van der Waals surface area (Å²) < 4.78 is 5.79. The summed E-state index contributed by atoms with van der Waals surface area (Å²) in [5, 5.41) is 3.41. The predicted octanol–water partition coefficient (Wildman–Crippen LogP) is 2.04. The highest BCUT2D eigenvalue weighted by atomic mass is 16.5. The molecule has 1 heterocycles. The number of hydrogen-bond acceptors (Lipinski definition) is 3. The maximum atomic E-state index is 12.8. The Labute approximate surface area is 128 Å². The van der Waals surface area contributed by atoms with Crippen LogP contribution in [0.2, 0.25) is 0 Å². The minimum absolute atomic E-state index is 0.0800. The fraction of sp³-hybridized carbons (Fsp3) is 0.941. The monoisotopic (exact) mass is 294 g/mol. The molecule has 0 aromatic rings. The molecule has 3 aliphatic rings. The highest BCUT2D eigenvalue weighted by Crippen LogP contribution is 2.59. The summed E-state index contributed by atoms with van der Waals surface area (Å²) in [4.78, 5) is 14.9. The molecule has 0 bridgehead atoms. The maximum absolute atomic E-state index is 12.8. The number of ether oxygens (including phenoxy) is 1. The molecule has 0 aromatic heterocycles. The standard InChI is InChI=1S/C17H30N2O2/c1-5-21-14-10-13(16(14,2)3)19(4)15(20)12-11-17(12)6-8-18-9-7-17/h12-14,18H,5-11H2,1-4H3/t12-,13+,14+/m0/s1. The van der Waals surface area contributed by atoms with E-state index >= 15 is 0 Å². The number of rotatable bonds is 4. The van der Waals surface area contributed by atoms with Gasteiger partial charge >= 0.3 is 0 Å². The first kappa shape index (κ1) is 15.3. The molecule has 1 amide bonds. The molecule has 1 N–H and O–H groups in total.